The van der Waals surface area contributed by atoms with Crippen LogP contribution in [0.3, 0.4) is 0 Å². The van der Waals surface area contributed by atoms with Crippen molar-refractivity contribution in [3.63, 3.8) is 0 Å². The lowest BCUT2D eigenvalue weighted by Crippen LogP contribution is -2.49. The molecule has 1 saturated heterocycles. The molecule has 4 rings (SSSR count). The zero-order valence-electron chi connectivity index (χ0n) is 14.9. The molecule has 2 heterocycles. The lowest BCUT2D eigenvalue weighted by Gasteiger charge is -2.36. The Balaban J connectivity index is 1.33. The van der Waals surface area contributed by atoms with E-state index in [9.17, 15) is 9.59 Å². The molecule has 0 spiro atoms. The molecule has 0 atom stereocenters. The van der Waals surface area contributed by atoms with Gasteiger partial charge in [0.25, 0.3) is 5.56 Å². The van der Waals surface area contributed by atoms with Gasteiger partial charge >= 0.3 is 0 Å². The van der Waals surface area contributed by atoms with Crippen molar-refractivity contribution in [3.8, 4) is 0 Å². The topological polar surface area (TPSA) is 58.4 Å². The highest BCUT2D eigenvalue weighted by atomic mass is 35.5. The zero-order chi connectivity index (χ0) is 18.8. The second kappa shape index (κ2) is 7.94. The molecule has 2 aromatic rings. The summed E-state index contributed by atoms with van der Waals surface area (Å²) >= 11 is 7.43. The number of halogens is 1. The van der Waals surface area contributed by atoms with Crippen molar-refractivity contribution in [2.45, 2.75) is 24.0 Å². The van der Waals surface area contributed by atoms with E-state index in [0.29, 0.717) is 30.0 Å². The Bertz CT molecular complexity index is 891. The first-order chi connectivity index (χ1) is 13.1. The van der Waals surface area contributed by atoms with Crippen LogP contribution in [0.5, 0.6) is 0 Å². The van der Waals surface area contributed by atoms with E-state index in [4.69, 9.17) is 11.6 Å². The third-order valence-electron chi connectivity index (χ3n) is 4.88. The van der Waals surface area contributed by atoms with Crippen molar-refractivity contribution < 1.29 is 4.79 Å². The van der Waals surface area contributed by atoms with E-state index in [-0.39, 0.29) is 11.5 Å². The third-order valence-corrected chi connectivity index (χ3v) is 6.06. The van der Waals surface area contributed by atoms with Crippen LogP contribution in [0.25, 0.3) is 0 Å². The zero-order valence-corrected chi connectivity index (χ0v) is 16.5. The van der Waals surface area contributed by atoms with E-state index in [1.54, 1.807) is 6.20 Å². The van der Waals surface area contributed by atoms with E-state index in [0.717, 1.165) is 36.6 Å². The third kappa shape index (κ3) is 4.47. The van der Waals surface area contributed by atoms with E-state index >= 15 is 0 Å². The summed E-state index contributed by atoms with van der Waals surface area (Å²) < 4.78 is 2.02. The minimum Gasteiger partial charge on any atom is -0.368 e. The molecule has 1 aliphatic heterocycles. The molecule has 2 aliphatic rings. The number of hydrogen-bond acceptors (Lipinski definition) is 5. The number of piperazine rings is 1. The largest absolute Gasteiger partial charge is 0.368 e. The predicted molar refractivity (Wildman–Crippen MR) is 108 cm³/mol. The van der Waals surface area contributed by atoms with Gasteiger partial charge in [0.1, 0.15) is 0 Å². The number of carbonyl (C=O) groups is 1. The number of rotatable bonds is 5. The van der Waals surface area contributed by atoms with Crippen LogP contribution in [-0.4, -0.2) is 52.3 Å². The van der Waals surface area contributed by atoms with Gasteiger partial charge in [0, 0.05) is 55.2 Å². The second-order valence-corrected chi connectivity index (χ2v) is 8.20. The standard InChI is InChI=1S/C19H21ClN4O2S/c20-14-2-1-3-16(12-14)22-8-10-23(11-9-22)18(26)13-27-19-21-17(25)6-7-24(19)15-4-5-15/h1-3,6-7,12,15H,4-5,8-11,13H2. The fourth-order valence-electron chi connectivity index (χ4n) is 3.24. The van der Waals surface area contributed by atoms with Crippen LogP contribution in [-0.2, 0) is 4.79 Å². The highest BCUT2D eigenvalue weighted by Gasteiger charge is 2.26. The fourth-order valence-corrected chi connectivity index (χ4v) is 4.37. The first kappa shape index (κ1) is 18.4. The maximum atomic E-state index is 12.6. The van der Waals surface area contributed by atoms with Gasteiger partial charge in [-0.2, -0.15) is 4.98 Å². The number of hydrogen-bond donors (Lipinski definition) is 0. The first-order valence-corrected chi connectivity index (χ1v) is 10.5. The number of nitrogens with zero attached hydrogens (tertiary/aromatic N) is 4. The summed E-state index contributed by atoms with van der Waals surface area (Å²) in [6, 6.07) is 9.71. The normalized spacial score (nSPS) is 17.2. The van der Waals surface area contributed by atoms with Crippen LogP contribution in [0, 0.1) is 0 Å². The quantitative estimate of drug-likeness (QED) is 0.566. The van der Waals surface area contributed by atoms with Crippen molar-refractivity contribution in [2.24, 2.45) is 0 Å². The van der Waals surface area contributed by atoms with Crippen molar-refractivity contribution in [2.75, 3.05) is 36.8 Å². The van der Waals surface area contributed by atoms with Crippen LogP contribution in [0.2, 0.25) is 5.02 Å². The molecule has 0 N–H and O–H groups in total. The average molecular weight is 405 g/mol. The molecular formula is C19H21ClN4O2S. The summed E-state index contributed by atoms with van der Waals surface area (Å²) in [5.74, 6) is 0.395. The molecule has 8 heteroatoms. The van der Waals surface area contributed by atoms with E-state index in [1.807, 2.05) is 33.7 Å². The summed E-state index contributed by atoms with van der Waals surface area (Å²) in [5, 5.41) is 1.37. The van der Waals surface area contributed by atoms with Crippen molar-refractivity contribution in [1.82, 2.24) is 14.5 Å². The lowest BCUT2D eigenvalue weighted by molar-refractivity contribution is -0.128. The summed E-state index contributed by atoms with van der Waals surface area (Å²) in [6.45, 7) is 2.94. The minimum atomic E-state index is -0.253. The SMILES string of the molecule is O=C(CSc1nc(=O)ccn1C1CC1)N1CCN(c2cccc(Cl)c2)CC1. The Morgan fingerprint density at radius 2 is 1.96 bits per heavy atom. The first-order valence-electron chi connectivity index (χ1n) is 9.10. The van der Waals surface area contributed by atoms with Gasteiger partial charge in [0.05, 0.1) is 5.75 Å². The van der Waals surface area contributed by atoms with Crippen LogP contribution in [0.4, 0.5) is 5.69 Å². The van der Waals surface area contributed by atoms with Crippen molar-refractivity contribution >= 4 is 35.0 Å². The lowest BCUT2D eigenvalue weighted by atomic mass is 10.2. The highest BCUT2D eigenvalue weighted by molar-refractivity contribution is 7.99. The second-order valence-electron chi connectivity index (χ2n) is 6.82. The van der Waals surface area contributed by atoms with Crippen molar-refractivity contribution in [1.29, 1.82) is 0 Å². The molecule has 27 heavy (non-hydrogen) atoms. The van der Waals surface area contributed by atoms with E-state index in [1.165, 1.54) is 17.8 Å². The molecule has 1 saturated carbocycles. The van der Waals surface area contributed by atoms with Crippen LogP contribution >= 0.6 is 23.4 Å². The predicted octanol–water partition coefficient (Wildman–Crippen LogP) is 2.67. The van der Waals surface area contributed by atoms with Gasteiger partial charge in [-0.1, -0.05) is 29.4 Å². The molecule has 2 fully saturated rings. The fraction of sp³-hybridized carbons (Fsp3) is 0.421. The Kier molecular flexibility index (Phi) is 5.41. The summed E-state index contributed by atoms with van der Waals surface area (Å²) in [5.41, 5.74) is 0.836. The maximum Gasteiger partial charge on any atom is 0.273 e. The number of aromatic nitrogens is 2. The molecule has 1 amide bonds. The molecule has 1 aromatic carbocycles. The van der Waals surface area contributed by atoms with Gasteiger partial charge in [-0.25, -0.2) is 0 Å². The monoisotopic (exact) mass is 404 g/mol. The summed E-state index contributed by atoms with van der Waals surface area (Å²) in [6.07, 6.45) is 4.01. The van der Waals surface area contributed by atoms with Gasteiger partial charge < -0.3 is 14.4 Å². The molecule has 1 aliphatic carbocycles. The molecule has 0 radical (unpaired) electrons. The minimum absolute atomic E-state index is 0.0891. The number of carbonyl (C=O) groups excluding carboxylic acids is 1. The molecule has 6 nitrogen and oxygen atoms in total. The van der Waals surface area contributed by atoms with Crippen LogP contribution in [0.1, 0.15) is 18.9 Å². The van der Waals surface area contributed by atoms with E-state index < -0.39 is 0 Å². The summed E-state index contributed by atoms with van der Waals surface area (Å²) in [4.78, 5) is 32.4. The van der Waals surface area contributed by atoms with Gasteiger partial charge in [-0.15, -0.1) is 0 Å². The Hall–Kier alpha value is -1.99. The number of thioether (sulfide) groups is 1. The molecule has 0 unspecified atom stereocenters. The molecule has 142 valence electrons. The molecular weight excluding hydrogens is 384 g/mol. The van der Waals surface area contributed by atoms with E-state index in [2.05, 4.69) is 9.88 Å². The summed E-state index contributed by atoms with van der Waals surface area (Å²) in [7, 11) is 0. The van der Waals surface area contributed by atoms with Crippen LogP contribution < -0.4 is 10.5 Å². The number of amides is 1. The van der Waals surface area contributed by atoms with Crippen LogP contribution in [0.15, 0.2) is 46.5 Å². The molecule has 0 bridgehead atoms. The Morgan fingerprint density at radius 3 is 2.67 bits per heavy atom. The van der Waals surface area contributed by atoms with Gasteiger partial charge in [0.2, 0.25) is 5.91 Å². The van der Waals surface area contributed by atoms with Gasteiger partial charge in [-0.05, 0) is 31.0 Å². The average Bonchev–Trinajstić information content (AvgIpc) is 3.51. The maximum absolute atomic E-state index is 12.6. The number of benzene rings is 1. The van der Waals surface area contributed by atoms with Gasteiger partial charge in [0.15, 0.2) is 5.16 Å². The van der Waals surface area contributed by atoms with Gasteiger partial charge in [-0.3, -0.25) is 9.59 Å². The Morgan fingerprint density at radius 1 is 1.19 bits per heavy atom. The highest BCUT2D eigenvalue weighted by Crippen LogP contribution is 2.37. The smallest absolute Gasteiger partial charge is 0.273 e. The molecule has 1 aromatic heterocycles. The Labute approximate surface area is 167 Å². The number of anilines is 1. The van der Waals surface area contributed by atoms with Crippen molar-refractivity contribution in [3.05, 3.63) is 51.9 Å².